The first-order valence-corrected chi connectivity index (χ1v) is 20.7. The Morgan fingerprint density at radius 2 is 1.40 bits per heavy atom. The second-order valence-corrected chi connectivity index (χ2v) is 16.7. The van der Waals surface area contributed by atoms with E-state index in [1.54, 1.807) is 48.5 Å². The van der Waals surface area contributed by atoms with E-state index in [4.69, 9.17) is 21.1 Å². The van der Waals surface area contributed by atoms with Crippen LogP contribution in [0.25, 0.3) is 0 Å². The maximum atomic E-state index is 15.6. The molecule has 6 atom stereocenters. The Morgan fingerprint density at radius 3 is 1.98 bits per heavy atom. The minimum atomic E-state index is -1.70. The number of phenols is 1. The van der Waals surface area contributed by atoms with Gasteiger partial charge in [0.1, 0.15) is 23.1 Å². The summed E-state index contributed by atoms with van der Waals surface area (Å²) >= 11 is 6.43. The van der Waals surface area contributed by atoms with Crippen LogP contribution in [0.1, 0.15) is 29.9 Å². The van der Waals surface area contributed by atoms with E-state index in [-0.39, 0.29) is 41.7 Å². The molecule has 5 aromatic carbocycles. The number of aromatic hydroxyl groups is 1. The van der Waals surface area contributed by atoms with Crippen molar-refractivity contribution in [3.05, 3.63) is 143 Å². The third-order valence-corrected chi connectivity index (χ3v) is 13.1. The molecule has 1 saturated carbocycles. The average Bonchev–Trinajstić information content (AvgIpc) is 3.67. The smallest absolute Gasteiger partial charge is 0.260 e. The van der Waals surface area contributed by atoms with Crippen molar-refractivity contribution in [2.45, 2.75) is 24.2 Å². The normalized spacial score (nSPS) is 24.0. The van der Waals surface area contributed by atoms with Gasteiger partial charge in [-0.25, -0.2) is 4.39 Å². The summed E-state index contributed by atoms with van der Waals surface area (Å²) in [6.45, 7) is 0. The molecule has 15 heteroatoms. The number of allylic oxidation sites excluding steroid dienone is 2. The number of carbonyl (C=O) groups excluding carboxylic acids is 4. The van der Waals surface area contributed by atoms with Crippen LogP contribution in [0, 0.1) is 29.5 Å². The van der Waals surface area contributed by atoms with Crippen LogP contribution in [-0.2, 0) is 24.6 Å². The Hall–Kier alpha value is -7.06. The number of ether oxygens (including phenoxy) is 2. The number of hydrogen-bond acceptors (Lipinski definition) is 11. The lowest BCUT2D eigenvalue weighted by atomic mass is 9.49. The Labute approximate surface area is 367 Å². The van der Waals surface area contributed by atoms with Crippen molar-refractivity contribution < 1.29 is 38.1 Å². The number of carbonyl (C=O) groups is 4. The third-order valence-electron chi connectivity index (χ3n) is 12.8. The fourth-order valence-corrected chi connectivity index (χ4v) is 10.2. The number of hydrogen-bond donors (Lipinski definition) is 2. The zero-order valence-corrected chi connectivity index (χ0v) is 35.4. The predicted octanol–water partition coefficient (Wildman–Crippen LogP) is 8.87. The van der Waals surface area contributed by atoms with E-state index in [2.05, 4.69) is 15.7 Å². The van der Waals surface area contributed by atoms with Crippen molar-refractivity contribution in [3.63, 3.8) is 0 Å². The van der Waals surface area contributed by atoms with Gasteiger partial charge in [0.05, 0.1) is 60.1 Å². The van der Waals surface area contributed by atoms with Gasteiger partial charge in [-0.3, -0.25) is 29.5 Å². The maximum absolute atomic E-state index is 15.6. The van der Waals surface area contributed by atoms with Gasteiger partial charge in [0, 0.05) is 48.4 Å². The number of anilines is 3. The van der Waals surface area contributed by atoms with Crippen molar-refractivity contribution in [1.29, 1.82) is 0 Å². The fourth-order valence-electron chi connectivity index (χ4n) is 10.0. The molecule has 3 fully saturated rings. The van der Waals surface area contributed by atoms with E-state index in [0.29, 0.717) is 38.8 Å². The highest BCUT2D eigenvalue weighted by Gasteiger charge is 2.71. The number of phenolic OH excluding ortho intramolecular Hbond substituents is 1. The van der Waals surface area contributed by atoms with E-state index < -0.39 is 58.5 Å². The maximum Gasteiger partial charge on any atom is 0.260 e. The quantitative estimate of drug-likeness (QED) is 0.0796. The van der Waals surface area contributed by atoms with Gasteiger partial charge in [0.25, 0.3) is 11.8 Å². The van der Waals surface area contributed by atoms with Crippen molar-refractivity contribution in [3.8, 4) is 17.2 Å². The molecule has 4 amide bonds. The molecule has 0 bridgehead atoms. The van der Waals surface area contributed by atoms with Crippen molar-refractivity contribution in [1.82, 2.24) is 5.01 Å². The monoisotopic (exact) mass is 868 g/mol. The fraction of sp³-hybridized carbons (Fsp3) is 0.250. The summed E-state index contributed by atoms with van der Waals surface area (Å²) in [5.41, 5.74) is 5.56. The van der Waals surface area contributed by atoms with Crippen LogP contribution in [0.5, 0.6) is 17.2 Å². The molecule has 2 saturated heterocycles. The molecule has 320 valence electrons. The van der Waals surface area contributed by atoms with Crippen molar-refractivity contribution in [2.75, 3.05) is 43.5 Å². The lowest BCUT2D eigenvalue weighted by molar-refractivity contribution is -0.138. The molecule has 9 rings (SSSR count). The number of imide groups is 2. The van der Waals surface area contributed by atoms with Crippen LogP contribution in [0.4, 0.5) is 32.8 Å². The molecule has 2 heterocycles. The van der Waals surface area contributed by atoms with E-state index >= 15 is 9.59 Å². The van der Waals surface area contributed by atoms with Crippen molar-refractivity contribution in [2.24, 2.45) is 33.9 Å². The molecule has 2 N–H and O–H groups in total. The molecule has 0 spiro atoms. The number of rotatable bonds is 10. The summed E-state index contributed by atoms with van der Waals surface area (Å²) in [6, 6.07) is 29.0. The summed E-state index contributed by atoms with van der Waals surface area (Å²) in [5.74, 6) is -6.86. The number of hydrazine groups is 1. The Balaban J connectivity index is 1.14. The molecule has 2 aliphatic heterocycles. The summed E-state index contributed by atoms with van der Waals surface area (Å²) in [6.07, 6.45) is 2.09. The topological polar surface area (TPSA) is 153 Å². The number of benzene rings is 5. The van der Waals surface area contributed by atoms with Crippen LogP contribution in [-0.4, -0.2) is 62.1 Å². The number of azo groups is 1. The summed E-state index contributed by atoms with van der Waals surface area (Å²) in [4.78, 5) is 63.1. The molecule has 0 aromatic heterocycles. The van der Waals surface area contributed by atoms with Crippen LogP contribution in [0.2, 0.25) is 5.02 Å². The van der Waals surface area contributed by atoms with Gasteiger partial charge in [-0.2, -0.15) is 15.2 Å². The first-order chi connectivity index (χ1) is 30.3. The van der Waals surface area contributed by atoms with Crippen molar-refractivity contribution >= 4 is 63.7 Å². The molecular weight excluding hydrogens is 827 g/mol. The van der Waals surface area contributed by atoms with Gasteiger partial charge in [0.2, 0.25) is 11.8 Å². The molecule has 5 aromatic rings. The molecule has 6 unspecified atom stereocenters. The number of nitrogens with zero attached hydrogens (tertiary/aromatic N) is 5. The highest BCUT2D eigenvalue weighted by atomic mass is 35.5. The lowest BCUT2D eigenvalue weighted by Gasteiger charge is -2.51. The van der Waals surface area contributed by atoms with E-state index in [0.717, 1.165) is 10.7 Å². The van der Waals surface area contributed by atoms with E-state index in [1.807, 2.05) is 49.3 Å². The Kier molecular flexibility index (Phi) is 10.5. The van der Waals surface area contributed by atoms with E-state index in [9.17, 15) is 19.1 Å². The van der Waals surface area contributed by atoms with Crippen LogP contribution < -0.4 is 24.7 Å². The standard InChI is InChI=1S/C48H42ClFN6O7/c1-54(2)32-17-13-29(14-18-32)51-52-30-15-19-33(20-16-30)55-44(58)36-22-21-35-37(41(36)46(55)60)25-38-45(59)56(53-31-11-9-28(50)10-12-31)47(61)48(38,26-5-7-27(49)8-6-26)43(35)42-39(62-3)23-34(57)24-40(42)63-4/h5-21,23-24,36-38,41,43,53,57H,22,25H2,1-4H3. The zero-order valence-electron chi connectivity index (χ0n) is 34.7. The number of methoxy groups -OCH3 is 2. The third kappa shape index (κ3) is 6.76. The van der Waals surface area contributed by atoms with Gasteiger partial charge in [-0.15, -0.1) is 0 Å². The van der Waals surface area contributed by atoms with Gasteiger partial charge >= 0.3 is 0 Å². The second-order valence-electron chi connectivity index (χ2n) is 16.3. The Bertz CT molecular complexity index is 2690. The van der Waals surface area contributed by atoms with Gasteiger partial charge in [0.15, 0.2) is 0 Å². The summed E-state index contributed by atoms with van der Waals surface area (Å²) in [5, 5.41) is 20.9. The number of fused-ring (bicyclic) bond motifs is 4. The SMILES string of the molecule is COc1cc(O)cc(OC)c1C1C2=CCC3C(=O)N(c4ccc(N=Nc5ccc(N(C)C)cc5)cc4)C(=O)C3C2CC2C(=O)N(Nc3ccc(F)cc3)C(=O)C21c1ccc(Cl)cc1. The highest BCUT2D eigenvalue weighted by molar-refractivity contribution is 6.30. The predicted molar refractivity (Wildman–Crippen MR) is 234 cm³/mol. The molecule has 13 nitrogen and oxygen atoms in total. The zero-order chi connectivity index (χ0) is 44.3. The molecule has 63 heavy (non-hydrogen) atoms. The van der Waals surface area contributed by atoms with Gasteiger partial charge < -0.3 is 19.5 Å². The first-order valence-electron chi connectivity index (χ1n) is 20.3. The number of nitrogens with one attached hydrogen (secondary N) is 1. The molecule has 2 aliphatic carbocycles. The van der Waals surface area contributed by atoms with Crippen LogP contribution in [0.3, 0.4) is 0 Å². The number of amides is 4. The van der Waals surface area contributed by atoms with Gasteiger partial charge in [-0.05, 0) is 109 Å². The molecule has 0 radical (unpaired) electrons. The highest BCUT2D eigenvalue weighted by Crippen LogP contribution is 2.66. The lowest BCUT2D eigenvalue weighted by Crippen LogP contribution is -2.53. The second kappa shape index (κ2) is 16.0. The average molecular weight is 869 g/mol. The van der Waals surface area contributed by atoms with Gasteiger partial charge in [-0.1, -0.05) is 35.4 Å². The molecular formula is C48H42ClFN6O7. The first kappa shape index (κ1) is 41.3. The van der Waals surface area contributed by atoms with Crippen LogP contribution >= 0.6 is 11.6 Å². The summed E-state index contributed by atoms with van der Waals surface area (Å²) < 4.78 is 25.9. The number of halogens is 2. The minimum absolute atomic E-state index is 0.0166. The molecule has 4 aliphatic rings. The largest absolute Gasteiger partial charge is 0.508 e. The Morgan fingerprint density at radius 1 is 0.794 bits per heavy atom. The minimum Gasteiger partial charge on any atom is -0.508 e. The van der Waals surface area contributed by atoms with Crippen LogP contribution in [0.15, 0.2) is 131 Å². The summed E-state index contributed by atoms with van der Waals surface area (Å²) in [7, 11) is 6.75. The van der Waals surface area contributed by atoms with E-state index in [1.165, 1.54) is 55.5 Å².